The molecule has 0 rings (SSSR count). The van der Waals surface area contributed by atoms with Gasteiger partial charge in [0, 0.05) is 13.2 Å². The number of hydrogen-bond donors (Lipinski definition) is 0. The van der Waals surface area contributed by atoms with Gasteiger partial charge >= 0.3 is 11.9 Å². The first-order chi connectivity index (χ1) is 15.0. The number of ether oxygens (including phenoxy) is 4. The van der Waals surface area contributed by atoms with E-state index in [1.807, 2.05) is 0 Å². The fraction of sp³-hybridized carbons (Fsp3) is 0.909. The Morgan fingerprint density at radius 3 is 1.27 bits per heavy atom. The lowest BCUT2D eigenvalue weighted by Gasteiger charge is -2.34. The third kappa shape index (κ3) is 18.2. The fourth-order valence-electron chi connectivity index (χ4n) is 2.98. The van der Waals surface area contributed by atoms with Crippen molar-refractivity contribution >= 4 is 60.4 Å². The van der Waals surface area contributed by atoms with E-state index in [4.69, 9.17) is 23.1 Å². The summed E-state index contributed by atoms with van der Waals surface area (Å²) in [6.07, 6.45) is 1.88. The molecule has 0 saturated carbocycles. The first-order valence-electron chi connectivity index (χ1n) is 11.5. The van der Waals surface area contributed by atoms with Gasteiger partial charge in [-0.05, 0) is 78.8 Å². The number of halogens is 2. The van der Waals surface area contributed by atoms with E-state index >= 15 is 0 Å². The zero-order chi connectivity index (χ0) is 25.8. The Morgan fingerprint density at radius 1 is 0.636 bits per heavy atom. The molecule has 0 amide bonds. The highest BCUT2D eigenvalue weighted by Crippen LogP contribution is 2.24. The van der Waals surface area contributed by atoms with E-state index in [0.717, 1.165) is 24.9 Å². The first-order valence-corrected chi connectivity index (χ1v) is 19.4. The molecular formula is C22H44Br2O7Si2. The van der Waals surface area contributed by atoms with Gasteiger partial charge in [-0.25, -0.2) is 0 Å². The van der Waals surface area contributed by atoms with Crippen LogP contribution >= 0.6 is 31.9 Å². The van der Waals surface area contributed by atoms with E-state index in [2.05, 4.69) is 58.0 Å². The van der Waals surface area contributed by atoms with E-state index in [0.29, 0.717) is 26.4 Å². The molecule has 0 aromatic rings. The van der Waals surface area contributed by atoms with Gasteiger partial charge in [0.25, 0.3) is 0 Å². The summed E-state index contributed by atoms with van der Waals surface area (Å²) in [6, 6.07) is 2.06. The largest absolute Gasteiger partial charge is 0.462 e. The predicted octanol–water partition coefficient (Wildman–Crippen LogP) is 5.66. The molecule has 0 unspecified atom stereocenters. The minimum absolute atomic E-state index is 0.268. The zero-order valence-electron chi connectivity index (χ0n) is 21.7. The molecule has 0 saturated heterocycles. The van der Waals surface area contributed by atoms with Crippen molar-refractivity contribution in [3.8, 4) is 0 Å². The van der Waals surface area contributed by atoms with Crippen molar-refractivity contribution in [3.63, 3.8) is 0 Å². The van der Waals surface area contributed by atoms with Crippen molar-refractivity contribution in [3.05, 3.63) is 0 Å². The molecule has 0 N–H and O–H groups in total. The number of hydrogen-bond acceptors (Lipinski definition) is 7. The van der Waals surface area contributed by atoms with E-state index in [1.54, 1.807) is 27.7 Å². The Hall–Kier alpha value is 0.214. The topological polar surface area (TPSA) is 80.3 Å². The van der Waals surface area contributed by atoms with Crippen LogP contribution in [-0.2, 0) is 32.7 Å². The molecule has 0 heterocycles. The van der Waals surface area contributed by atoms with Gasteiger partial charge in [-0.1, -0.05) is 31.9 Å². The summed E-state index contributed by atoms with van der Waals surface area (Å²) < 4.78 is 26.8. The summed E-state index contributed by atoms with van der Waals surface area (Å²) in [5.74, 6) is -0.569. The maximum absolute atomic E-state index is 11.7. The van der Waals surface area contributed by atoms with Crippen LogP contribution in [0.1, 0.15) is 40.5 Å². The van der Waals surface area contributed by atoms with Crippen molar-refractivity contribution in [1.82, 2.24) is 0 Å². The van der Waals surface area contributed by atoms with Crippen LogP contribution in [0.2, 0.25) is 38.3 Å². The Bertz CT molecular complexity index is 538. The second-order valence-electron chi connectivity index (χ2n) is 10.3. The van der Waals surface area contributed by atoms with Gasteiger partial charge in [0.2, 0.25) is 0 Å². The maximum Gasteiger partial charge on any atom is 0.322 e. The number of esters is 2. The molecule has 33 heavy (non-hydrogen) atoms. The van der Waals surface area contributed by atoms with Crippen LogP contribution in [0.4, 0.5) is 0 Å². The molecule has 0 aromatic heterocycles. The third-order valence-electron chi connectivity index (χ3n) is 4.58. The number of carbonyl (C=O) groups is 2. The van der Waals surface area contributed by atoms with Gasteiger partial charge in [0.1, 0.15) is 21.9 Å². The van der Waals surface area contributed by atoms with Crippen molar-refractivity contribution < 1.29 is 32.7 Å². The lowest BCUT2D eigenvalue weighted by Crippen LogP contribution is -2.44. The lowest BCUT2D eigenvalue weighted by atomic mass is 10.2. The molecule has 0 bridgehead atoms. The zero-order valence-corrected chi connectivity index (χ0v) is 26.9. The van der Waals surface area contributed by atoms with Crippen LogP contribution < -0.4 is 0 Å². The summed E-state index contributed by atoms with van der Waals surface area (Å²) in [7, 11) is -3.55. The molecule has 0 aliphatic heterocycles. The van der Waals surface area contributed by atoms with E-state index in [-0.39, 0.29) is 25.2 Å². The number of carbonyl (C=O) groups excluding carboxylic acids is 2. The SMILES string of the molecule is CC(C)(Br)C(=O)OCCOCCC[Si](C)(C)O[Si](C)(C)CCCOCCOC(=O)C(C)(C)Br. The van der Waals surface area contributed by atoms with Crippen LogP contribution in [0.15, 0.2) is 0 Å². The van der Waals surface area contributed by atoms with Crippen LogP contribution in [-0.4, -0.2) is 76.9 Å². The van der Waals surface area contributed by atoms with Crippen molar-refractivity contribution in [2.75, 3.05) is 39.6 Å². The van der Waals surface area contributed by atoms with Crippen LogP contribution in [0.25, 0.3) is 0 Å². The van der Waals surface area contributed by atoms with E-state index in [9.17, 15) is 9.59 Å². The average Bonchev–Trinajstić information content (AvgIpc) is 2.63. The van der Waals surface area contributed by atoms with Gasteiger partial charge in [0.05, 0.1) is 13.2 Å². The fourth-order valence-corrected chi connectivity index (χ4v) is 12.0. The summed E-state index contributed by atoms with van der Waals surface area (Å²) in [4.78, 5) is 23.3. The molecule has 0 aliphatic carbocycles. The van der Waals surface area contributed by atoms with Crippen molar-refractivity contribution in [2.24, 2.45) is 0 Å². The highest BCUT2D eigenvalue weighted by atomic mass is 79.9. The normalized spacial score (nSPS) is 13.2. The molecule has 11 heteroatoms. The van der Waals surface area contributed by atoms with Crippen molar-refractivity contribution in [2.45, 2.75) is 87.5 Å². The van der Waals surface area contributed by atoms with Gasteiger partial charge < -0.3 is 23.1 Å². The van der Waals surface area contributed by atoms with Gasteiger partial charge in [0.15, 0.2) is 16.6 Å². The summed E-state index contributed by atoms with van der Waals surface area (Å²) in [5, 5.41) is 0. The molecule has 0 spiro atoms. The van der Waals surface area contributed by atoms with Gasteiger partial charge in [-0.3, -0.25) is 9.59 Å². The highest BCUT2D eigenvalue weighted by molar-refractivity contribution is 9.10. The summed E-state index contributed by atoms with van der Waals surface area (Å²) >= 11 is 6.56. The monoisotopic (exact) mass is 634 g/mol. The maximum atomic E-state index is 11.7. The molecule has 0 aromatic carbocycles. The summed E-state index contributed by atoms with van der Waals surface area (Å²) in [5.41, 5.74) is 0. The Morgan fingerprint density at radius 2 is 0.970 bits per heavy atom. The van der Waals surface area contributed by atoms with Crippen molar-refractivity contribution in [1.29, 1.82) is 0 Å². The number of rotatable bonds is 18. The molecular weight excluding hydrogens is 592 g/mol. The average molecular weight is 637 g/mol. The van der Waals surface area contributed by atoms with Gasteiger partial charge in [-0.2, -0.15) is 0 Å². The van der Waals surface area contributed by atoms with Crippen LogP contribution in [0.5, 0.6) is 0 Å². The Balaban J connectivity index is 3.92. The number of alkyl halides is 2. The standard InChI is InChI=1S/C22H44Br2O7Si2/c1-21(2,23)19(25)29-15-13-27-11-9-17-32(5,6)31-33(7,8)18-10-12-28-14-16-30-20(26)22(3,4)24/h9-18H2,1-8H3. The van der Waals surface area contributed by atoms with Gasteiger partial charge in [-0.15, -0.1) is 0 Å². The second-order valence-corrected chi connectivity index (χ2v) is 23.1. The third-order valence-corrected chi connectivity index (χ3v) is 12.8. The molecule has 0 fully saturated rings. The minimum atomic E-state index is -1.77. The van der Waals surface area contributed by atoms with Crippen LogP contribution in [0, 0.1) is 0 Å². The molecule has 7 nitrogen and oxygen atoms in total. The quantitative estimate of drug-likeness (QED) is 0.0832. The molecule has 0 aliphatic rings. The molecule has 0 radical (unpaired) electrons. The van der Waals surface area contributed by atoms with E-state index in [1.165, 1.54) is 0 Å². The predicted molar refractivity (Wildman–Crippen MR) is 144 cm³/mol. The van der Waals surface area contributed by atoms with Crippen LogP contribution in [0.3, 0.4) is 0 Å². The second kappa shape index (κ2) is 15.4. The first kappa shape index (κ1) is 33.2. The highest BCUT2D eigenvalue weighted by Gasteiger charge is 2.32. The smallest absolute Gasteiger partial charge is 0.322 e. The molecule has 0 atom stereocenters. The van der Waals surface area contributed by atoms with E-state index < -0.39 is 25.3 Å². The minimum Gasteiger partial charge on any atom is -0.462 e. The Labute approximate surface area is 219 Å². The lowest BCUT2D eigenvalue weighted by molar-refractivity contribution is -0.147. The Kier molecular flexibility index (Phi) is 15.5. The summed E-state index contributed by atoms with van der Waals surface area (Å²) in [6.45, 7) is 18.7. The molecule has 196 valence electrons.